The molecule has 0 aliphatic heterocycles. The summed E-state index contributed by atoms with van der Waals surface area (Å²) >= 11 is 0. The van der Waals surface area contributed by atoms with Gasteiger partial charge in [-0.05, 0) is 56.2 Å². The van der Waals surface area contributed by atoms with Crippen molar-refractivity contribution in [3.8, 4) is 0 Å². The van der Waals surface area contributed by atoms with Crippen LogP contribution in [0, 0.1) is 6.92 Å². The molecule has 0 aliphatic carbocycles. The minimum Gasteiger partial charge on any atom is -0.374 e. The average Bonchev–Trinajstić information content (AvgIpc) is 3.02. The molecule has 0 bridgehead atoms. The zero-order valence-corrected chi connectivity index (χ0v) is 14.3. The molecule has 24 heavy (non-hydrogen) atoms. The smallest absolute Gasteiger partial charge is 0.242 e. The van der Waals surface area contributed by atoms with E-state index in [9.17, 15) is 4.79 Å². The van der Waals surface area contributed by atoms with E-state index in [2.05, 4.69) is 34.7 Å². The van der Waals surface area contributed by atoms with E-state index in [-0.39, 0.29) is 18.0 Å². The van der Waals surface area contributed by atoms with Gasteiger partial charge in [0.05, 0.1) is 6.04 Å². The maximum Gasteiger partial charge on any atom is 0.242 e. The molecule has 0 radical (unpaired) electrons. The van der Waals surface area contributed by atoms with Crippen molar-refractivity contribution in [3.05, 3.63) is 65.9 Å². The highest BCUT2D eigenvalue weighted by molar-refractivity contribution is 5.87. The van der Waals surface area contributed by atoms with E-state index in [0.29, 0.717) is 0 Å². The van der Waals surface area contributed by atoms with Crippen LogP contribution in [0.25, 0.3) is 10.9 Å². The molecule has 0 fully saturated rings. The van der Waals surface area contributed by atoms with E-state index < -0.39 is 0 Å². The lowest BCUT2D eigenvalue weighted by Crippen LogP contribution is -2.39. The molecule has 3 aromatic rings. The summed E-state index contributed by atoms with van der Waals surface area (Å²) in [6.45, 7) is 5.95. The van der Waals surface area contributed by atoms with E-state index in [1.807, 2.05) is 56.4 Å². The van der Waals surface area contributed by atoms with Crippen LogP contribution < -0.4 is 10.6 Å². The summed E-state index contributed by atoms with van der Waals surface area (Å²) in [5, 5.41) is 7.48. The Labute approximate surface area is 142 Å². The van der Waals surface area contributed by atoms with E-state index in [4.69, 9.17) is 0 Å². The van der Waals surface area contributed by atoms with Gasteiger partial charge in [0, 0.05) is 22.8 Å². The van der Waals surface area contributed by atoms with Crippen LogP contribution in [0.3, 0.4) is 0 Å². The zero-order chi connectivity index (χ0) is 17.1. The number of carbonyl (C=O) groups is 1. The van der Waals surface area contributed by atoms with Crippen molar-refractivity contribution in [2.75, 3.05) is 5.32 Å². The third-order valence-electron chi connectivity index (χ3n) is 4.34. The van der Waals surface area contributed by atoms with E-state index in [0.717, 1.165) is 22.2 Å². The van der Waals surface area contributed by atoms with Crippen LogP contribution in [0.15, 0.2) is 54.7 Å². The number of aromatic nitrogens is 1. The molecule has 0 spiro atoms. The number of fused-ring (bicyclic) bond motifs is 1. The van der Waals surface area contributed by atoms with E-state index in [1.54, 1.807) is 0 Å². The lowest BCUT2D eigenvalue weighted by molar-refractivity contribution is -0.122. The van der Waals surface area contributed by atoms with Crippen molar-refractivity contribution in [3.63, 3.8) is 0 Å². The Kier molecular flexibility index (Phi) is 4.56. The van der Waals surface area contributed by atoms with E-state index >= 15 is 0 Å². The molecule has 0 aliphatic rings. The number of hydrogen-bond acceptors (Lipinski definition) is 2. The normalized spacial score (nSPS) is 13.5. The quantitative estimate of drug-likeness (QED) is 0.661. The van der Waals surface area contributed by atoms with Crippen LogP contribution in [0.5, 0.6) is 0 Å². The standard InChI is InChI=1S/C20H23N3O/c1-13-6-4-5-7-18(13)14(2)23-20(24)15(3)22-17-8-9-19-16(12-17)10-11-21-19/h4-12,14-15,21-22H,1-3H3,(H,23,24)/t14-,15-/m1/s1. The van der Waals surface area contributed by atoms with E-state index in [1.165, 1.54) is 5.56 Å². The predicted octanol–water partition coefficient (Wildman–Crippen LogP) is 4.15. The predicted molar refractivity (Wildman–Crippen MR) is 99.1 cm³/mol. The van der Waals surface area contributed by atoms with Gasteiger partial charge in [0.25, 0.3) is 0 Å². The molecule has 124 valence electrons. The van der Waals surface area contributed by atoms with Crippen LogP contribution in [0.4, 0.5) is 5.69 Å². The molecule has 4 heteroatoms. The third kappa shape index (κ3) is 3.43. The topological polar surface area (TPSA) is 56.9 Å². The molecule has 3 rings (SSSR count). The lowest BCUT2D eigenvalue weighted by Gasteiger charge is -2.20. The number of aromatic amines is 1. The van der Waals surface area contributed by atoms with Gasteiger partial charge in [-0.15, -0.1) is 0 Å². The number of nitrogens with one attached hydrogen (secondary N) is 3. The molecule has 0 unspecified atom stereocenters. The Balaban J connectivity index is 1.65. The largest absolute Gasteiger partial charge is 0.374 e. The number of amides is 1. The van der Waals surface area contributed by atoms with Crippen molar-refractivity contribution in [2.24, 2.45) is 0 Å². The van der Waals surface area contributed by atoms with Gasteiger partial charge in [-0.2, -0.15) is 0 Å². The maximum atomic E-state index is 12.5. The SMILES string of the molecule is Cc1ccccc1[C@@H](C)NC(=O)[C@@H](C)Nc1ccc2[nH]ccc2c1. The second-order valence-electron chi connectivity index (χ2n) is 6.23. The van der Waals surface area contributed by atoms with Gasteiger partial charge >= 0.3 is 0 Å². The van der Waals surface area contributed by atoms with Gasteiger partial charge in [-0.3, -0.25) is 4.79 Å². The summed E-state index contributed by atoms with van der Waals surface area (Å²) < 4.78 is 0. The van der Waals surface area contributed by atoms with Crippen molar-refractivity contribution in [1.82, 2.24) is 10.3 Å². The van der Waals surface area contributed by atoms with Crippen LogP contribution in [-0.2, 0) is 4.79 Å². The van der Waals surface area contributed by atoms with Gasteiger partial charge in [-0.25, -0.2) is 0 Å². The number of rotatable bonds is 5. The van der Waals surface area contributed by atoms with Crippen molar-refractivity contribution < 1.29 is 4.79 Å². The first-order chi connectivity index (χ1) is 11.5. The number of carbonyl (C=O) groups excluding carboxylic acids is 1. The fraction of sp³-hybridized carbons (Fsp3) is 0.250. The Hall–Kier alpha value is -2.75. The summed E-state index contributed by atoms with van der Waals surface area (Å²) in [6.07, 6.45) is 1.91. The Morgan fingerprint density at radius 2 is 1.88 bits per heavy atom. The van der Waals surface area contributed by atoms with Gasteiger partial charge < -0.3 is 15.6 Å². The molecule has 0 saturated heterocycles. The molecular formula is C20H23N3O. The minimum absolute atomic E-state index is 0.0140. The second-order valence-corrected chi connectivity index (χ2v) is 6.23. The number of H-pyrrole nitrogens is 1. The van der Waals surface area contributed by atoms with Crippen LogP contribution in [-0.4, -0.2) is 16.9 Å². The highest BCUT2D eigenvalue weighted by Gasteiger charge is 2.17. The van der Waals surface area contributed by atoms with Crippen LogP contribution >= 0.6 is 0 Å². The summed E-state index contributed by atoms with van der Waals surface area (Å²) in [5.41, 5.74) is 4.36. The molecule has 2 aromatic carbocycles. The molecule has 1 amide bonds. The van der Waals surface area contributed by atoms with Crippen molar-refractivity contribution in [2.45, 2.75) is 32.9 Å². The van der Waals surface area contributed by atoms with Gasteiger partial charge in [0.2, 0.25) is 5.91 Å². The number of aryl methyl sites for hydroxylation is 1. The number of anilines is 1. The summed E-state index contributed by atoms with van der Waals surface area (Å²) in [5.74, 6) is -0.0140. The Morgan fingerprint density at radius 3 is 2.67 bits per heavy atom. The molecule has 2 atom stereocenters. The first-order valence-electron chi connectivity index (χ1n) is 8.24. The maximum absolute atomic E-state index is 12.5. The average molecular weight is 321 g/mol. The molecule has 0 saturated carbocycles. The third-order valence-corrected chi connectivity index (χ3v) is 4.34. The molecule has 3 N–H and O–H groups in total. The fourth-order valence-electron chi connectivity index (χ4n) is 2.95. The Bertz CT molecular complexity index is 853. The zero-order valence-electron chi connectivity index (χ0n) is 14.3. The molecule has 1 heterocycles. The van der Waals surface area contributed by atoms with Gasteiger partial charge in [-0.1, -0.05) is 24.3 Å². The first kappa shape index (κ1) is 16.1. The monoisotopic (exact) mass is 321 g/mol. The van der Waals surface area contributed by atoms with Crippen LogP contribution in [0.1, 0.15) is 31.0 Å². The van der Waals surface area contributed by atoms with Gasteiger partial charge in [0.15, 0.2) is 0 Å². The summed E-state index contributed by atoms with van der Waals surface area (Å²) in [6, 6.07) is 15.8. The van der Waals surface area contributed by atoms with Crippen molar-refractivity contribution in [1.29, 1.82) is 0 Å². The second kappa shape index (κ2) is 6.79. The number of hydrogen-bond donors (Lipinski definition) is 3. The molecule has 1 aromatic heterocycles. The summed E-state index contributed by atoms with van der Waals surface area (Å²) in [7, 11) is 0. The highest BCUT2D eigenvalue weighted by atomic mass is 16.2. The summed E-state index contributed by atoms with van der Waals surface area (Å²) in [4.78, 5) is 15.6. The number of benzene rings is 2. The van der Waals surface area contributed by atoms with Crippen LogP contribution in [0.2, 0.25) is 0 Å². The fourth-order valence-corrected chi connectivity index (χ4v) is 2.95. The first-order valence-corrected chi connectivity index (χ1v) is 8.24. The lowest BCUT2D eigenvalue weighted by atomic mass is 10.0. The van der Waals surface area contributed by atoms with Gasteiger partial charge in [0.1, 0.15) is 6.04 Å². The molecular weight excluding hydrogens is 298 g/mol. The Morgan fingerprint density at radius 1 is 1.08 bits per heavy atom. The van der Waals surface area contributed by atoms with Crippen molar-refractivity contribution >= 4 is 22.5 Å². The minimum atomic E-state index is -0.312. The highest BCUT2D eigenvalue weighted by Crippen LogP contribution is 2.19. The molecule has 4 nitrogen and oxygen atoms in total.